The summed E-state index contributed by atoms with van der Waals surface area (Å²) in [6, 6.07) is 16.0. The lowest BCUT2D eigenvalue weighted by atomic mass is 9.91. The molecule has 0 aliphatic carbocycles. The van der Waals surface area contributed by atoms with Crippen LogP contribution in [0.2, 0.25) is 0 Å². The van der Waals surface area contributed by atoms with Crippen LogP contribution in [0.4, 0.5) is 0 Å². The van der Waals surface area contributed by atoms with Gasteiger partial charge in [-0.2, -0.15) is 0 Å². The second-order valence-corrected chi connectivity index (χ2v) is 9.56. The fraction of sp³-hybridized carbons (Fsp3) is 0.240. The summed E-state index contributed by atoms with van der Waals surface area (Å²) >= 11 is 0. The summed E-state index contributed by atoms with van der Waals surface area (Å²) in [5, 5.41) is 1.00. The summed E-state index contributed by atoms with van der Waals surface area (Å²) in [4.78, 5) is 12.4. The van der Waals surface area contributed by atoms with E-state index >= 15 is 0 Å². The van der Waals surface area contributed by atoms with Crippen LogP contribution in [-0.2, 0) is 35.5 Å². The molecule has 0 aliphatic rings. The summed E-state index contributed by atoms with van der Waals surface area (Å²) in [5.74, 6) is -0.127. The third-order valence-electron chi connectivity index (χ3n) is 5.29. The van der Waals surface area contributed by atoms with Crippen LogP contribution in [0.25, 0.3) is 11.1 Å². The van der Waals surface area contributed by atoms with Crippen LogP contribution in [0.3, 0.4) is 0 Å². The van der Waals surface area contributed by atoms with E-state index in [2.05, 4.69) is 30.8 Å². The monoisotopic (exact) mass is 421 g/mol. The molecule has 0 N–H and O–H groups in total. The molecule has 0 aliphatic heterocycles. The largest absolute Gasteiger partial charge is 0.318 e. The molecule has 0 atom stereocenters. The number of pyridine rings is 1. The highest BCUT2D eigenvalue weighted by Crippen LogP contribution is 2.31. The van der Waals surface area contributed by atoms with Crippen molar-refractivity contribution in [1.29, 1.82) is 0 Å². The quantitative estimate of drug-likeness (QED) is 0.561. The van der Waals surface area contributed by atoms with Gasteiger partial charge in [-0.1, -0.05) is 61.5 Å². The number of sulfone groups is 1. The van der Waals surface area contributed by atoms with Crippen LogP contribution in [0.5, 0.6) is 0 Å². The van der Waals surface area contributed by atoms with Crippen molar-refractivity contribution in [3.8, 4) is 11.1 Å². The molecule has 2 aromatic carbocycles. The van der Waals surface area contributed by atoms with Crippen LogP contribution in [-0.4, -0.2) is 13.0 Å². The predicted molar refractivity (Wildman–Crippen MR) is 123 cm³/mol. The minimum Gasteiger partial charge on any atom is -0.318 e. The minimum absolute atomic E-state index is 0.0301. The zero-order valence-electron chi connectivity index (χ0n) is 17.7. The van der Waals surface area contributed by atoms with Crippen LogP contribution in [0.1, 0.15) is 34.7 Å². The van der Waals surface area contributed by atoms with Gasteiger partial charge in [0.1, 0.15) is 0 Å². The normalized spacial score (nSPS) is 11.4. The third kappa shape index (κ3) is 4.79. The molecule has 0 saturated heterocycles. The van der Waals surface area contributed by atoms with Gasteiger partial charge >= 0.3 is 0 Å². The standard InChI is InChI=1S/C25H27NO3S/c1-5-20-15-23(16-26(4)25(20)27)24-21(14-19-12-10-18(3)11-13-19)8-7-9-22(24)17-30(28,29)6-2/h6-13,15-16H,2,5,14,17H2,1,3-4H3. The molecule has 1 heterocycles. The Morgan fingerprint density at radius 1 is 1.03 bits per heavy atom. The number of hydrogen-bond donors (Lipinski definition) is 0. The molecule has 5 heteroatoms. The third-order valence-corrected chi connectivity index (χ3v) is 6.51. The van der Waals surface area contributed by atoms with Crippen molar-refractivity contribution >= 4 is 9.84 Å². The van der Waals surface area contributed by atoms with Crippen LogP contribution in [0, 0.1) is 6.92 Å². The van der Waals surface area contributed by atoms with Crippen molar-refractivity contribution < 1.29 is 8.42 Å². The van der Waals surface area contributed by atoms with E-state index in [9.17, 15) is 13.2 Å². The highest BCUT2D eigenvalue weighted by molar-refractivity contribution is 7.93. The first kappa shape index (κ1) is 21.8. The van der Waals surface area contributed by atoms with E-state index in [1.54, 1.807) is 17.8 Å². The van der Waals surface area contributed by atoms with Crippen LogP contribution in [0.15, 0.2) is 71.5 Å². The van der Waals surface area contributed by atoms with Gasteiger partial charge in [0, 0.05) is 24.2 Å². The van der Waals surface area contributed by atoms with E-state index in [1.807, 2.05) is 38.1 Å². The first-order valence-corrected chi connectivity index (χ1v) is 11.7. The molecule has 3 rings (SSSR count). The van der Waals surface area contributed by atoms with Gasteiger partial charge in [-0.05, 0) is 53.6 Å². The Kier molecular flexibility index (Phi) is 6.42. The molecule has 0 spiro atoms. The average molecular weight is 422 g/mol. The molecule has 1 aromatic heterocycles. The Bertz CT molecular complexity index is 1240. The highest BCUT2D eigenvalue weighted by atomic mass is 32.2. The molecule has 0 fully saturated rings. The maximum Gasteiger partial charge on any atom is 0.253 e. The number of nitrogens with zero attached hydrogens (tertiary/aromatic N) is 1. The van der Waals surface area contributed by atoms with Crippen molar-refractivity contribution in [2.24, 2.45) is 7.05 Å². The maximum atomic E-state index is 12.4. The Balaban J connectivity index is 2.23. The molecule has 0 radical (unpaired) electrons. The number of rotatable bonds is 7. The Labute approximate surface area is 178 Å². The highest BCUT2D eigenvalue weighted by Gasteiger charge is 2.17. The van der Waals surface area contributed by atoms with E-state index in [-0.39, 0.29) is 11.3 Å². The summed E-state index contributed by atoms with van der Waals surface area (Å²) in [5.41, 5.74) is 6.47. The van der Waals surface area contributed by atoms with E-state index in [0.717, 1.165) is 27.7 Å². The van der Waals surface area contributed by atoms with Gasteiger partial charge in [0.05, 0.1) is 5.75 Å². The summed E-state index contributed by atoms with van der Waals surface area (Å²) < 4.78 is 26.2. The predicted octanol–water partition coefficient (Wildman–Crippen LogP) is 4.57. The van der Waals surface area contributed by atoms with Gasteiger partial charge in [-0.3, -0.25) is 4.79 Å². The fourth-order valence-electron chi connectivity index (χ4n) is 3.66. The molecule has 4 nitrogen and oxygen atoms in total. The molecule has 0 amide bonds. The molecule has 156 valence electrons. The Hall–Kier alpha value is -2.92. The number of benzene rings is 2. The second kappa shape index (κ2) is 8.84. The molecule has 0 bridgehead atoms. The lowest BCUT2D eigenvalue weighted by molar-refractivity contribution is 0.604. The van der Waals surface area contributed by atoms with Gasteiger partial charge in [0.25, 0.3) is 5.56 Å². The van der Waals surface area contributed by atoms with E-state index < -0.39 is 9.84 Å². The van der Waals surface area contributed by atoms with E-state index in [1.165, 1.54) is 5.56 Å². The summed E-state index contributed by atoms with van der Waals surface area (Å²) in [7, 11) is -1.71. The summed E-state index contributed by atoms with van der Waals surface area (Å²) in [6.45, 7) is 7.44. The lowest BCUT2D eigenvalue weighted by Gasteiger charge is -2.17. The van der Waals surface area contributed by atoms with Crippen LogP contribution < -0.4 is 5.56 Å². The Morgan fingerprint density at radius 2 is 1.70 bits per heavy atom. The number of aryl methyl sites for hydroxylation is 3. The minimum atomic E-state index is -3.44. The van der Waals surface area contributed by atoms with E-state index in [4.69, 9.17) is 0 Å². The van der Waals surface area contributed by atoms with E-state index in [0.29, 0.717) is 24.0 Å². The first-order chi connectivity index (χ1) is 14.2. The number of hydrogen-bond acceptors (Lipinski definition) is 3. The number of aromatic nitrogens is 1. The first-order valence-electron chi connectivity index (χ1n) is 9.95. The Morgan fingerprint density at radius 3 is 2.33 bits per heavy atom. The maximum absolute atomic E-state index is 12.4. The van der Waals surface area contributed by atoms with Gasteiger partial charge in [-0.25, -0.2) is 8.42 Å². The molecule has 0 unspecified atom stereocenters. The smallest absolute Gasteiger partial charge is 0.253 e. The van der Waals surface area contributed by atoms with Crippen molar-refractivity contribution in [3.63, 3.8) is 0 Å². The zero-order chi connectivity index (χ0) is 21.9. The molecule has 3 aromatic rings. The molecular formula is C25H27NO3S. The van der Waals surface area contributed by atoms with Crippen molar-refractivity contribution in [1.82, 2.24) is 4.57 Å². The van der Waals surface area contributed by atoms with Crippen molar-refractivity contribution in [3.05, 3.63) is 105 Å². The average Bonchev–Trinajstić information content (AvgIpc) is 2.72. The van der Waals surface area contributed by atoms with Gasteiger partial charge < -0.3 is 4.57 Å². The lowest BCUT2D eigenvalue weighted by Crippen LogP contribution is -2.20. The van der Waals surface area contributed by atoms with Crippen molar-refractivity contribution in [2.75, 3.05) is 0 Å². The summed E-state index contributed by atoms with van der Waals surface area (Å²) in [6.07, 6.45) is 3.07. The molecular weight excluding hydrogens is 394 g/mol. The fourth-order valence-corrected chi connectivity index (χ4v) is 4.46. The zero-order valence-corrected chi connectivity index (χ0v) is 18.5. The molecule has 30 heavy (non-hydrogen) atoms. The molecule has 0 saturated carbocycles. The topological polar surface area (TPSA) is 56.1 Å². The van der Waals surface area contributed by atoms with Gasteiger partial charge in [-0.15, -0.1) is 0 Å². The van der Waals surface area contributed by atoms with Gasteiger partial charge in [0.2, 0.25) is 0 Å². The van der Waals surface area contributed by atoms with Crippen LogP contribution >= 0.6 is 0 Å². The van der Waals surface area contributed by atoms with Gasteiger partial charge in [0.15, 0.2) is 9.84 Å². The second-order valence-electron chi connectivity index (χ2n) is 7.61. The SMILES string of the molecule is C=CS(=O)(=O)Cc1cccc(Cc2ccc(C)cc2)c1-c1cc(CC)c(=O)n(C)c1. The van der Waals surface area contributed by atoms with Crippen molar-refractivity contribution in [2.45, 2.75) is 32.4 Å².